The smallest absolute Gasteiger partial charge is 0.434 e. The van der Waals surface area contributed by atoms with Crippen molar-refractivity contribution in [2.75, 3.05) is 18.4 Å². The summed E-state index contributed by atoms with van der Waals surface area (Å²) in [5, 5.41) is 2.97. The number of aromatic nitrogens is 2. The molecular formula is C17H25F3N4O2. The van der Waals surface area contributed by atoms with Gasteiger partial charge in [-0.3, -0.25) is 0 Å². The molecule has 1 aliphatic rings. The normalized spacial score (nSPS) is 21.4. The first-order valence-corrected chi connectivity index (χ1v) is 8.58. The summed E-state index contributed by atoms with van der Waals surface area (Å²) in [6.07, 6.45) is -1.49. The molecule has 0 spiro atoms. The van der Waals surface area contributed by atoms with Crippen molar-refractivity contribution in [1.82, 2.24) is 14.9 Å². The maximum Gasteiger partial charge on any atom is 0.434 e. The molecule has 1 aliphatic heterocycles. The van der Waals surface area contributed by atoms with E-state index in [-0.39, 0.29) is 18.0 Å². The van der Waals surface area contributed by atoms with Gasteiger partial charge in [0.15, 0.2) is 5.69 Å². The number of hydrogen-bond donors (Lipinski definition) is 1. The number of rotatable bonds is 3. The van der Waals surface area contributed by atoms with Gasteiger partial charge in [0, 0.05) is 13.1 Å². The number of ether oxygens (including phenoxy) is 1. The molecule has 146 valence electrons. The number of carbonyl (C=O) groups excluding carboxylic acids is 1. The molecule has 1 N–H and O–H groups in total. The number of carbonyl (C=O) groups is 1. The number of piperidine rings is 1. The molecule has 6 nitrogen and oxygen atoms in total. The Morgan fingerprint density at radius 3 is 2.54 bits per heavy atom. The van der Waals surface area contributed by atoms with E-state index < -0.39 is 17.5 Å². The summed E-state index contributed by atoms with van der Waals surface area (Å²) in [5.41, 5.74) is -1.62. The van der Waals surface area contributed by atoms with Crippen LogP contribution >= 0.6 is 0 Å². The fourth-order valence-corrected chi connectivity index (χ4v) is 2.79. The summed E-state index contributed by atoms with van der Waals surface area (Å²) in [5.74, 6) is 0.680. The van der Waals surface area contributed by atoms with Gasteiger partial charge in [0.25, 0.3) is 0 Å². The van der Waals surface area contributed by atoms with Crippen molar-refractivity contribution in [2.24, 2.45) is 5.92 Å². The molecule has 0 radical (unpaired) electrons. The Hall–Kier alpha value is -2.06. The molecule has 2 atom stereocenters. The van der Waals surface area contributed by atoms with E-state index in [1.54, 1.807) is 4.90 Å². The molecular weight excluding hydrogens is 349 g/mol. The molecule has 1 aromatic heterocycles. The van der Waals surface area contributed by atoms with E-state index in [1.165, 1.54) is 0 Å². The van der Waals surface area contributed by atoms with Crippen LogP contribution < -0.4 is 5.32 Å². The molecule has 0 saturated carbocycles. The van der Waals surface area contributed by atoms with Gasteiger partial charge < -0.3 is 15.0 Å². The summed E-state index contributed by atoms with van der Waals surface area (Å²) in [6.45, 7) is 8.48. The van der Waals surface area contributed by atoms with E-state index >= 15 is 0 Å². The summed E-state index contributed by atoms with van der Waals surface area (Å²) >= 11 is 0. The number of halogens is 3. The van der Waals surface area contributed by atoms with Crippen molar-refractivity contribution >= 4 is 11.9 Å². The molecule has 26 heavy (non-hydrogen) atoms. The standard InChI is InChI=1S/C17H25F3N4O2/c1-11-5-6-24(15(25)26-16(2,3)4)12(7-11)8-22-14-10-21-13(9-23-14)17(18,19)20/h9-12H,5-8H2,1-4H3,(H,22,23)/t11-,12-/m0/s1. The molecule has 9 heteroatoms. The zero-order chi connectivity index (χ0) is 19.5. The number of hydrogen-bond acceptors (Lipinski definition) is 5. The molecule has 1 saturated heterocycles. The third-order valence-electron chi connectivity index (χ3n) is 4.07. The predicted molar refractivity (Wildman–Crippen MR) is 90.6 cm³/mol. The lowest BCUT2D eigenvalue weighted by atomic mass is 9.92. The second-order valence-corrected chi connectivity index (χ2v) is 7.62. The lowest BCUT2D eigenvalue weighted by Crippen LogP contribution is -2.50. The minimum atomic E-state index is -4.52. The van der Waals surface area contributed by atoms with Crippen molar-refractivity contribution in [3.05, 3.63) is 18.1 Å². The van der Waals surface area contributed by atoms with Crippen LogP contribution in [0.4, 0.5) is 23.8 Å². The van der Waals surface area contributed by atoms with E-state index in [0.29, 0.717) is 25.2 Å². The van der Waals surface area contributed by atoms with E-state index in [1.807, 2.05) is 20.8 Å². The minimum Gasteiger partial charge on any atom is -0.444 e. The summed E-state index contributed by atoms with van der Waals surface area (Å²) in [6, 6.07) is -0.127. The van der Waals surface area contributed by atoms with Crippen LogP contribution in [-0.2, 0) is 10.9 Å². The molecule has 1 aromatic rings. The zero-order valence-corrected chi connectivity index (χ0v) is 15.4. The van der Waals surface area contributed by atoms with Crippen molar-refractivity contribution in [3.63, 3.8) is 0 Å². The first-order chi connectivity index (χ1) is 12.0. The highest BCUT2D eigenvalue weighted by atomic mass is 19.4. The van der Waals surface area contributed by atoms with Gasteiger partial charge in [0.2, 0.25) is 0 Å². The first-order valence-electron chi connectivity index (χ1n) is 8.58. The largest absolute Gasteiger partial charge is 0.444 e. The summed E-state index contributed by atoms with van der Waals surface area (Å²) in [7, 11) is 0. The van der Waals surface area contributed by atoms with E-state index in [0.717, 1.165) is 19.0 Å². The van der Waals surface area contributed by atoms with Crippen LogP contribution in [0.1, 0.15) is 46.2 Å². The second-order valence-electron chi connectivity index (χ2n) is 7.62. The van der Waals surface area contributed by atoms with Crippen LogP contribution in [0, 0.1) is 5.92 Å². The summed E-state index contributed by atoms with van der Waals surface area (Å²) in [4.78, 5) is 21.2. The highest BCUT2D eigenvalue weighted by molar-refractivity contribution is 5.68. The highest BCUT2D eigenvalue weighted by Gasteiger charge is 2.34. The third-order valence-corrected chi connectivity index (χ3v) is 4.07. The first kappa shape index (κ1) is 20.3. The van der Waals surface area contributed by atoms with Gasteiger partial charge in [-0.25, -0.2) is 14.8 Å². The van der Waals surface area contributed by atoms with Crippen LogP contribution in [0.5, 0.6) is 0 Å². The minimum absolute atomic E-state index is 0.127. The number of nitrogens with one attached hydrogen (secondary N) is 1. The van der Waals surface area contributed by atoms with Gasteiger partial charge in [-0.05, 0) is 39.5 Å². The van der Waals surface area contributed by atoms with Gasteiger partial charge in [0.1, 0.15) is 11.4 Å². The number of amides is 1. The van der Waals surface area contributed by atoms with Crippen molar-refractivity contribution in [2.45, 2.75) is 58.4 Å². The van der Waals surface area contributed by atoms with Gasteiger partial charge in [-0.2, -0.15) is 13.2 Å². The number of likely N-dealkylation sites (tertiary alicyclic amines) is 1. The Bertz CT molecular complexity index is 614. The topological polar surface area (TPSA) is 67.3 Å². The van der Waals surface area contributed by atoms with E-state index in [9.17, 15) is 18.0 Å². The second kappa shape index (κ2) is 7.67. The Labute approximate surface area is 151 Å². The molecule has 1 fully saturated rings. The Kier molecular flexibility index (Phi) is 5.98. The lowest BCUT2D eigenvalue weighted by molar-refractivity contribution is -0.141. The van der Waals surface area contributed by atoms with E-state index in [2.05, 4.69) is 22.2 Å². The van der Waals surface area contributed by atoms with Gasteiger partial charge in [-0.15, -0.1) is 0 Å². The predicted octanol–water partition coefficient (Wildman–Crippen LogP) is 3.94. The molecule has 0 aromatic carbocycles. The van der Waals surface area contributed by atoms with Crippen LogP contribution in [0.3, 0.4) is 0 Å². The zero-order valence-electron chi connectivity index (χ0n) is 15.4. The molecule has 0 bridgehead atoms. The Balaban J connectivity index is 2.01. The van der Waals surface area contributed by atoms with Crippen LogP contribution in [0.25, 0.3) is 0 Å². The van der Waals surface area contributed by atoms with Crippen LogP contribution in [0.2, 0.25) is 0 Å². The van der Waals surface area contributed by atoms with Crippen molar-refractivity contribution < 1.29 is 22.7 Å². The highest BCUT2D eigenvalue weighted by Crippen LogP contribution is 2.27. The maximum absolute atomic E-state index is 12.5. The third kappa shape index (κ3) is 5.74. The number of nitrogens with zero attached hydrogens (tertiary/aromatic N) is 3. The molecule has 2 rings (SSSR count). The Morgan fingerprint density at radius 1 is 1.31 bits per heavy atom. The molecule has 2 heterocycles. The molecule has 0 aliphatic carbocycles. The Morgan fingerprint density at radius 2 is 2.00 bits per heavy atom. The van der Waals surface area contributed by atoms with Gasteiger partial charge >= 0.3 is 12.3 Å². The molecule has 1 amide bonds. The van der Waals surface area contributed by atoms with Crippen LogP contribution in [-0.4, -0.2) is 45.7 Å². The lowest BCUT2D eigenvalue weighted by Gasteiger charge is -2.39. The SMILES string of the molecule is C[C@H]1CCN(C(=O)OC(C)(C)C)[C@H](CNc2cnc(C(F)(F)F)cn2)C1. The van der Waals surface area contributed by atoms with Gasteiger partial charge in [-0.1, -0.05) is 6.92 Å². The van der Waals surface area contributed by atoms with Crippen molar-refractivity contribution in [3.8, 4) is 0 Å². The summed E-state index contributed by atoms with van der Waals surface area (Å²) < 4.78 is 43.1. The fourth-order valence-electron chi connectivity index (χ4n) is 2.79. The average molecular weight is 374 g/mol. The fraction of sp³-hybridized carbons (Fsp3) is 0.706. The average Bonchev–Trinajstić information content (AvgIpc) is 2.50. The quantitative estimate of drug-likeness (QED) is 0.868. The van der Waals surface area contributed by atoms with Crippen molar-refractivity contribution in [1.29, 1.82) is 0 Å². The monoisotopic (exact) mass is 374 g/mol. The molecule has 0 unspecified atom stereocenters. The number of anilines is 1. The van der Waals surface area contributed by atoms with Crippen LogP contribution in [0.15, 0.2) is 12.4 Å². The van der Waals surface area contributed by atoms with Gasteiger partial charge in [0.05, 0.1) is 18.4 Å². The number of alkyl halides is 3. The van der Waals surface area contributed by atoms with E-state index in [4.69, 9.17) is 4.74 Å². The maximum atomic E-state index is 12.5.